The van der Waals surface area contributed by atoms with Crippen LogP contribution in [0.25, 0.3) is 11.1 Å². The Balaban J connectivity index is 2.57. The maximum absolute atomic E-state index is 13.8. The summed E-state index contributed by atoms with van der Waals surface area (Å²) in [7, 11) is 1.48. The second-order valence-electron chi connectivity index (χ2n) is 3.90. The number of hydrogen-bond donors (Lipinski definition) is 0. The Bertz CT molecular complexity index is 596. The van der Waals surface area contributed by atoms with Crippen LogP contribution in [0.3, 0.4) is 0 Å². The van der Waals surface area contributed by atoms with E-state index in [4.69, 9.17) is 4.74 Å². The first-order valence-electron chi connectivity index (χ1n) is 5.41. The van der Waals surface area contributed by atoms with Crippen LogP contribution in [0.5, 0.6) is 5.88 Å². The van der Waals surface area contributed by atoms with Crippen molar-refractivity contribution in [1.29, 1.82) is 0 Å². The van der Waals surface area contributed by atoms with Crippen molar-refractivity contribution in [1.82, 2.24) is 4.98 Å². The van der Waals surface area contributed by atoms with E-state index in [0.717, 1.165) is 23.6 Å². The number of benzene rings is 1. The monoisotopic (exact) mass is 245 g/mol. The third-order valence-corrected chi connectivity index (χ3v) is 2.72. The molecule has 0 N–H and O–H groups in total. The standard InChI is InChI=1S/C14H12FNO2/c1-9-5-10(8-17)3-4-11(9)12-6-14(18-2)16-7-13(12)15/h3-8H,1-2H3. The molecule has 1 aromatic heterocycles. The van der Waals surface area contributed by atoms with Crippen LogP contribution in [-0.4, -0.2) is 18.4 Å². The smallest absolute Gasteiger partial charge is 0.213 e. The number of methoxy groups -OCH3 is 1. The number of hydrogen-bond acceptors (Lipinski definition) is 3. The van der Waals surface area contributed by atoms with Crippen LogP contribution in [0.15, 0.2) is 30.5 Å². The zero-order valence-corrected chi connectivity index (χ0v) is 10.1. The summed E-state index contributed by atoms with van der Waals surface area (Å²) in [5.41, 5.74) is 2.53. The lowest BCUT2D eigenvalue weighted by Crippen LogP contribution is -1.94. The largest absolute Gasteiger partial charge is 0.481 e. The van der Waals surface area contributed by atoms with Gasteiger partial charge in [0.1, 0.15) is 12.1 Å². The van der Waals surface area contributed by atoms with Crippen LogP contribution in [0.1, 0.15) is 15.9 Å². The second-order valence-corrected chi connectivity index (χ2v) is 3.90. The normalized spacial score (nSPS) is 10.2. The average molecular weight is 245 g/mol. The van der Waals surface area contributed by atoms with Gasteiger partial charge in [0.2, 0.25) is 5.88 Å². The lowest BCUT2D eigenvalue weighted by atomic mass is 9.99. The van der Waals surface area contributed by atoms with Crippen LogP contribution in [0.2, 0.25) is 0 Å². The number of carbonyl (C=O) groups excluding carboxylic acids is 1. The topological polar surface area (TPSA) is 39.2 Å². The number of aryl methyl sites for hydroxylation is 1. The van der Waals surface area contributed by atoms with Gasteiger partial charge < -0.3 is 4.74 Å². The van der Waals surface area contributed by atoms with Crippen molar-refractivity contribution in [3.63, 3.8) is 0 Å². The number of nitrogens with zero attached hydrogens (tertiary/aromatic N) is 1. The second kappa shape index (κ2) is 4.96. The summed E-state index contributed by atoms with van der Waals surface area (Å²) in [6.45, 7) is 1.83. The lowest BCUT2D eigenvalue weighted by Gasteiger charge is -2.09. The van der Waals surface area contributed by atoms with E-state index < -0.39 is 5.82 Å². The quantitative estimate of drug-likeness (QED) is 0.780. The fourth-order valence-corrected chi connectivity index (χ4v) is 1.80. The fourth-order valence-electron chi connectivity index (χ4n) is 1.80. The third kappa shape index (κ3) is 2.22. The highest BCUT2D eigenvalue weighted by atomic mass is 19.1. The summed E-state index contributed by atoms with van der Waals surface area (Å²) in [4.78, 5) is 14.5. The molecule has 0 amide bonds. The number of carbonyl (C=O) groups is 1. The molecule has 92 valence electrons. The van der Waals surface area contributed by atoms with E-state index in [9.17, 15) is 9.18 Å². The highest BCUT2D eigenvalue weighted by Gasteiger charge is 2.10. The third-order valence-electron chi connectivity index (χ3n) is 2.72. The van der Waals surface area contributed by atoms with Gasteiger partial charge in [0.15, 0.2) is 0 Å². The van der Waals surface area contributed by atoms with Gasteiger partial charge in [-0.15, -0.1) is 0 Å². The van der Waals surface area contributed by atoms with E-state index in [1.165, 1.54) is 13.2 Å². The van der Waals surface area contributed by atoms with Crippen molar-refractivity contribution in [3.05, 3.63) is 47.4 Å². The maximum atomic E-state index is 13.8. The number of pyridine rings is 1. The van der Waals surface area contributed by atoms with Crippen LogP contribution in [0.4, 0.5) is 4.39 Å². The summed E-state index contributed by atoms with van der Waals surface area (Å²) in [5.74, 6) is -0.0667. The summed E-state index contributed by atoms with van der Waals surface area (Å²) < 4.78 is 18.7. The van der Waals surface area contributed by atoms with Crippen LogP contribution in [-0.2, 0) is 0 Å². The van der Waals surface area contributed by atoms with Gasteiger partial charge in [-0.2, -0.15) is 0 Å². The SMILES string of the molecule is COc1cc(-c2ccc(C=O)cc2C)c(F)cn1. The molecule has 2 aromatic rings. The van der Waals surface area contributed by atoms with E-state index in [1.807, 2.05) is 6.92 Å². The molecule has 0 aliphatic carbocycles. The predicted octanol–water partition coefficient (Wildman–Crippen LogP) is 3.02. The van der Waals surface area contributed by atoms with Gasteiger partial charge in [0, 0.05) is 17.2 Å². The Kier molecular flexibility index (Phi) is 3.37. The van der Waals surface area contributed by atoms with Gasteiger partial charge in [0.25, 0.3) is 0 Å². The van der Waals surface area contributed by atoms with E-state index >= 15 is 0 Å². The highest BCUT2D eigenvalue weighted by molar-refractivity contribution is 5.78. The molecule has 4 heteroatoms. The average Bonchev–Trinajstić information content (AvgIpc) is 2.39. The van der Waals surface area contributed by atoms with Crippen molar-refractivity contribution >= 4 is 6.29 Å². The van der Waals surface area contributed by atoms with Crippen molar-refractivity contribution in [2.75, 3.05) is 7.11 Å². The zero-order valence-electron chi connectivity index (χ0n) is 10.1. The molecule has 0 unspecified atom stereocenters. The minimum Gasteiger partial charge on any atom is -0.481 e. The highest BCUT2D eigenvalue weighted by Crippen LogP contribution is 2.28. The Morgan fingerprint density at radius 3 is 2.67 bits per heavy atom. The van der Waals surface area contributed by atoms with Gasteiger partial charge in [-0.05, 0) is 24.1 Å². The van der Waals surface area contributed by atoms with Crippen molar-refractivity contribution in [3.8, 4) is 17.0 Å². The molecule has 18 heavy (non-hydrogen) atoms. The lowest BCUT2D eigenvalue weighted by molar-refractivity contribution is 0.112. The van der Waals surface area contributed by atoms with E-state index in [2.05, 4.69) is 4.98 Å². The molecule has 2 rings (SSSR count). The molecular weight excluding hydrogens is 233 g/mol. The van der Waals surface area contributed by atoms with Gasteiger partial charge in [-0.3, -0.25) is 4.79 Å². The van der Waals surface area contributed by atoms with E-state index in [0.29, 0.717) is 17.0 Å². The molecule has 0 spiro atoms. The molecule has 0 aliphatic rings. The van der Waals surface area contributed by atoms with Crippen LogP contribution in [0, 0.1) is 12.7 Å². The van der Waals surface area contributed by atoms with Crippen LogP contribution < -0.4 is 4.74 Å². The van der Waals surface area contributed by atoms with Crippen molar-refractivity contribution in [2.24, 2.45) is 0 Å². The van der Waals surface area contributed by atoms with E-state index in [-0.39, 0.29) is 0 Å². The first kappa shape index (κ1) is 12.2. The molecule has 3 nitrogen and oxygen atoms in total. The molecule has 1 heterocycles. The van der Waals surface area contributed by atoms with Gasteiger partial charge in [-0.1, -0.05) is 12.1 Å². The van der Waals surface area contributed by atoms with Crippen LogP contribution >= 0.6 is 0 Å². The number of ether oxygens (including phenoxy) is 1. The molecule has 0 saturated heterocycles. The van der Waals surface area contributed by atoms with E-state index in [1.54, 1.807) is 18.2 Å². The van der Waals surface area contributed by atoms with Gasteiger partial charge in [-0.25, -0.2) is 9.37 Å². The first-order chi connectivity index (χ1) is 8.65. The maximum Gasteiger partial charge on any atom is 0.213 e. The summed E-state index contributed by atoms with van der Waals surface area (Å²) >= 11 is 0. The summed E-state index contributed by atoms with van der Waals surface area (Å²) in [6.07, 6.45) is 1.89. The first-order valence-corrected chi connectivity index (χ1v) is 5.41. The molecule has 0 atom stereocenters. The molecule has 1 aromatic carbocycles. The van der Waals surface area contributed by atoms with Crippen molar-refractivity contribution < 1.29 is 13.9 Å². The Labute approximate surface area is 104 Å². The van der Waals surface area contributed by atoms with Crippen molar-refractivity contribution in [2.45, 2.75) is 6.92 Å². The summed E-state index contributed by atoms with van der Waals surface area (Å²) in [6, 6.07) is 6.63. The molecule has 0 bridgehead atoms. The molecule has 0 saturated carbocycles. The number of aromatic nitrogens is 1. The number of halogens is 1. The molecule has 0 aliphatic heterocycles. The Morgan fingerprint density at radius 2 is 2.06 bits per heavy atom. The minimum absolute atomic E-state index is 0.352. The molecular formula is C14H12FNO2. The molecule has 0 fully saturated rings. The van der Waals surface area contributed by atoms with Gasteiger partial charge in [0.05, 0.1) is 13.3 Å². The predicted molar refractivity (Wildman–Crippen MR) is 66.3 cm³/mol. The number of rotatable bonds is 3. The van der Waals surface area contributed by atoms with Gasteiger partial charge >= 0.3 is 0 Å². The Morgan fingerprint density at radius 1 is 1.28 bits per heavy atom. The molecule has 0 radical (unpaired) electrons. The zero-order chi connectivity index (χ0) is 13.1. The minimum atomic E-state index is -0.419. The summed E-state index contributed by atoms with van der Waals surface area (Å²) in [5, 5.41) is 0. The Hall–Kier alpha value is -2.23. The number of aldehydes is 1. The fraction of sp³-hybridized carbons (Fsp3) is 0.143.